The van der Waals surface area contributed by atoms with E-state index in [1.54, 1.807) is 31.2 Å². The van der Waals surface area contributed by atoms with Crippen LogP contribution in [-0.2, 0) is 6.42 Å². The van der Waals surface area contributed by atoms with Crippen molar-refractivity contribution in [2.75, 3.05) is 19.5 Å². The molecule has 0 saturated heterocycles. The number of nitrogens with one attached hydrogen (secondary N) is 3. The van der Waals surface area contributed by atoms with Crippen LogP contribution in [0.1, 0.15) is 17.4 Å². The molecule has 0 saturated carbocycles. The lowest BCUT2D eigenvalue weighted by molar-refractivity contribution is 0.248. The third-order valence-electron chi connectivity index (χ3n) is 5.84. The zero-order chi connectivity index (χ0) is 24.9. The number of carbonyl (C=O) groups excluding carboxylic acids is 1. The van der Waals surface area contributed by atoms with Crippen LogP contribution in [0, 0.1) is 0 Å². The molecule has 5 rings (SSSR count). The number of ether oxygens (including phenoxy) is 2. The highest BCUT2D eigenvalue weighted by Gasteiger charge is 2.21. The molecule has 0 spiro atoms. The second-order valence-corrected chi connectivity index (χ2v) is 8.14. The zero-order valence-corrected chi connectivity index (χ0v) is 19.9. The molecular weight excluding hydrogens is 456 g/mol. The summed E-state index contributed by atoms with van der Waals surface area (Å²) < 4.78 is 12.3. The van der Waals surface area contributed by atoms with Crippen LogP contribution in [0.2, 0.25) is 0 Å². The van der Waals surface area contributed by atoms with Crippen LogP contribution >= 0.6 is 0 Å². The number of hydrogen-bond donors (Lipinski definition) is 3. The van der Waals surface area contributed by atoms with Crippen LogP contribution in [0.15, 0.2) is 85.1 Å². The average molecular weight is 483 g/mol. The number of hydrogen-bond acceptors (Lipinski definition) is 5. The van der Waals surface area contributed by atoms with E-state index in [2.05, 4.69) is 20.7 Å². The van der Waals surface area contributed by atoms with Crippen molar-refractivity contribution in [1.82, 2.24) is 25.1 Å². The Labute approximate surface area is 208 Å². The first-order valence-electron chi connectivity index (χ1n) is 11.5. The van der Waals surface area contributed by atoms with Crippen molar-refractivity contribution in [2.24, 2.45) is 0 Å². The Morgan fingerprint density at radius 2 is 1.75 bits per heavy atom. The van der Waals surface area contributed by atoms with Gasteiger partial charge < -0.3 is 19.8 Å². The standard InChI is InChI=1S/C27H26N6O3/c1-35-19-13-11-18(12-14-19)17-22(26-29-20-7-3-4-8-21(20)30-26)31-27(34)32-25-15-16-28-33(25)23-9-5-6-10-24(23)36-2/h3-16,22H,17H2,1-2H3,(H,29,30)(H2,31,32,34). The van der Waals surface area contributed by atoms with E-state index in [1.165, 1.54) is 0 Å². The molecule has 2 amide bonds. The SMILES string of the molecule is COc1ccc(CC(NC(=O)Nc2ccnn2-c2ccccc2OC)c2nc3ccccc3[nH]2)cc1. The van der Waals surface area contributed by atoms with E-state index in [-0.39, 0.29) is 6.03 Å². The molecule has 5 aromatic rings. The fourth-order valence-electron chi connectivity index (χ4n) is 4.06. The number of fused-ring (bicyclic) bond motifs is 1. The molecule has 0 aliphatic heterocycles. The molecule has 0 radical (unpaired) electrons. The lowest BCUT2D eigenvalue weighted by atomic mass is 10.1. The van der Waals surface area contributed by atoms with Gasteiger partial charge >= 0.3 is 6.03 Å². The maximum absolute atomic E-state index is 13.2. The number of methoxy groups -OCH3 is 2. The van der Waals surface area contributed by atoms with Crippen molar-refractivity contribution in [2.45, 2.75) is 12.5 Å². The van der Waals surface area contributed by atoms with Crippen molar-refractivity contribution in [3.8, 4) is 17.2 Å². The summed E-state index contributed by atoms with van der Waals surface area (Å²) in [6.45, 7) is 0. The molecule has 3 N–H and O–H groups in total. The number of urea groups is 1. The number of anilines is 1. The van der Waals surface area contributed by atoms with Crippen molar-refractivity contribution >= 4 is 22.9 Å². The average Bonchev–Trinajstić information content (AvgIpc) is 3.55. The van der Waals surface area contributed by atoms with Gasteiger partial charge in [0.05, 0.1) is 37.5 Å². The summed E-state index contributed by atoms with van der Waals surface area (Å²) >= 11 is 0. The van der Waals surface area contributed by atoms with Crippen LogP contribution < -0.4 is 20.1 Å². The first-order chi connectivity index (χ1) is 17.6. The number of carbonyl (C=O) groups is 1. The summed E-state index contributed by atoms with van der Waals surface area (Å²) in [5.41, 5.74) is 3.49. The van der Waals surface area contributed by atoms with Crippen LogP contribution in [0.4, 0.5) is 10.6 Å². The van der Waals surface area contributed by atoms with Crippen molar-refractivity contribution in [3.05, 3.63) is 96.4 Å². The van der Waals surface area contributed by atoms with Gasteiger partial charge in [-0.15, -0.1) is 0 Å². The van der Waals surface area contributed by atoms with E-state index in [1.807, 2.05) is 72.8 Å². The number of benzene rings is 3. The smallest absolute Gasteiger partial charge is 0.321 e. The van der Waals surface area contributed by atoms with Crippen molar-refractivity contribution < 1.29 is 14.3 Å². The Hall–Kier alpha value is -4.79. The summed E-state index contributed by atoms with van der Waals surface area (Å²) in [5, 5.41) is 10.3. The maximum atomic E-state index is 13.2. The van der Waals surface area contributed by atoms with Crippen LogP contribution in [0.5, 0.6) is 11.5 Å². The van der Waals surface area contributed by atoms with Gasteiger partial charge in [0.1, 0.15) is 28.8 Å². The topological polar surface area (TPSA) is 106 Å². The van der Waals surface area contributed by atoms with Crippen molar-refractivity contribution in [3.63, 3.8) is 0 Å². The fourth-order valence-corrected chi connectivity index (χ4v) is 4.06. The monoisotopic (exact) mass is 482 g/mol. The number of para-hydroxylation sites is 4. The number of rotatable bonds is 8. The minimum atomic E-state index is -0.409. The highest BCUT2D eigenvalue weighted by atomic mass is 16.5. The highest BCUT2D eigenvalue weighted by molar-refractivity contribution is 5.89. The van der Waals surface area contributed by atoms with Gasteiger partial charge in [-0.2, -0.15) is 5.10 Å². The van der Waals surface area contributed by atoms with Gasteiger partial charge in [-0.1, -0.05) is 36.4 Å². The molecule has 36 heavy (non-hydrogen) atoms. The zero-order valence-electron chi connectivity index (χ0n) is 19.9. The summed E-state index contributed by atoms with van der Waals surface area (Å²) in [5.74, 6) is 2.59. The molecule has 0 aliphatic carbocycles. The van der Waals surface area contributed by atoms with Gasteiger partial charge in [0.2, 0.25) is 0 Å². The Morgan fingerprint density at radius 3 is 2.53 bits per heavy atom. The number of nitrogens with zero attached hydrogens (tertiary/aromatic N) is 3. The number of imidazole rings is 1. The number of aromatic nitrogens is 4. The Bertz CT molecular complexity index is 1440. The van der Waals surface area contributed by atoms with Gasteiger partial charge in [-0.25, -0.2) is 14.5 Å². The Morgan fingerprint density at radius 1 is 0.972 bits per heavy atom. The quantitative estimate of drug-likeness (QED) is 0.293. The number of amides is 2. The molecule has 1 unspecified atom stereocenters. The maximum Gasteiger partial charge on any atom is 0.321 e. The lowest BCUT2D eigenvalue weighted by Gasteiger charge is -2.18. The molecule has 1 atom stereocenters. The van der Waals surface area contributed by atoms with E-state index < -0.39 is 6.04 Å². The van der Waals surface area contributed by atoms with Crippen LogP contribution in [0.3, 0.4) is 0 Å². The van der Waals surface area contributed by atoms with E-state index in [9.17, 15) is 4.79 Å². The van der Waals surface area contributed by atoms with Gasteiger partial charge in [0, 0.05) is 6.07 Å². The summed E-state index contributed by atoms with van der Waals surface area (Å²) in [6, 6.07) is 23.9. The van der Waals surface area contributed by atoms with E-state index >= 15 is 0 Å². The van der Waals surface area contributed by atoms with Gasteiger partial charge in [0.15, 0.2) is 0 Å². The predicted molar refractivity (Wildman–Crippen MR) is 138 cm³/mol. The van der Waals surface area contributed by atoms with Gasteiger partial charge in [-0.05, 0) is 48.4 Å². The lowest BCUT2D eigenvalue weighted by Crippen LogP contribution is -2.35. The van der Waals surface area contributed by atoms with Gasteiger partial charge in [0.25, 0.3) is 0 Å². The molecule has 182 valence electrons. The van der Waals surface area contributed by atoms with Crippen LogP contribution in [0.25, 0.3) is 16.7 Å². The summed E-state index contributed by atoms with van der Waals surface area (Å²) in [4.78, 5) is 21.2. The number of H-pyrrole nitrogens is 1. The molecule has 0 aliphatic rings. The molecule has 9 heteroatoms. The largest absolute Gasteiger partial charge is 0.497 e. The third-order valence-corrected chi connectivity index (χ3v) is 5.84. The second-order valence-electron chi connectivity index (χ2n) is 8.14. The number of aromatic amines is 1. The van der Waals surface area contributed by atoms with Crippen molar-refractivity contribution in [1.29, 1.82) is 0 Å². The van der Waals surface area contributed by atoms with E-state index in [0.717, 1.165) is 22.3 Å². The normalized spacial score (nSPS) is 11.7. The second kappa shape index (κ2) is 10.2. The third kappa shape index (κ3) is 4.85. The minimum Gasteiger partial charge on any atom is -0.497 e. The first-order valence-corrected chi connectivity index (χ1v) is 11.5. The Kier molecular flexibility index (Phi) is 6.53. The first kappa shape index (κ1) is 23.0. The highest BCUT2D eigenvalue weighted by Crippen LogP contribution is 2.25. The van der Waals surface area contributed by atoms with E-state index in [4.69, 9.17) is 14.5 Å². The summed E-state index contributed by atoms with van der Waals surface area (Å²) in [7, 11) is 3.23. The molecule has 0 bridgehead atoms. The van der Waals surface area contributed by atoms with E-state index in [0.29, 0.717) is 29.5 Å². The Balaban J connectivity index is 1.40. The fraction of sp³-hybridized carbons (Fsp3) is 0.148. The minimum absolute atomic E-state index is 0.384. The molecule has 2 aromatic heterocycles. The molecular formula is C27H26N6O3. The molecule has 2 heterocycles. The molecule has 3 aromatic carbocycles. The molecule has 9 nitrogen and oxygen atoms in total. The summed E-state index contributed by atoms with van der Waals surface area (Å²) in [6.07, 6.45) is 2.15. The molecule has 0 fully saturated rings. The predicted octanol–water partition coefficient (Wildman–Crippen LogP) is 4.87. The van der Waals surface area contributed by atoms with Crippen LogP contribution in [-0.4, -0.2) is 40.0 Å². The van der Waals surface area contributed by atoms with Gasteiger partial charge in [-0.3, -0.25) is 5.32 Å².